The molecule has 0 N–H and O–H groups in total. The highest BCUT2D eigenvalue weighted by Crippen LogP contribution is 2.25. The molecule has 0 fully saturated rings. The molecule has 3 aromatic rings. The van der Waals surface area contributed by atoms with Crippen LogP contribution in [0.15, 0.2) is 54.6 Å². The van der Waals surface area contributed by atoms with Crippen molar-refractivity contribution in [2.24, 2.45) is 0 Å². The van der Waals surface area contributed by atoms with Crippen LogP contribution in [0, 0.1) is 0 Å². The highest BCUT2D eigenvalue weighted by molar-refractivity contribution is 5.79. The summed E-state index contributed by atoms with van der Waals surface area (Å²) in [5.41, 5.74) is 1.72. The fraction of sp³-hybridized carbons (Fsp3) is 0.300. The third-order valence-electron chi connectivity index (χ3n) is 3.76. The Morgan fingerprint density at radius 1 is 1.04 bits per heavy atom. The van der Waals surface area contributed by atoms with Crippen LogP contribution in [0.4, 0.5) is 0 Å². The highest BCUT2D eigenvalue weighted by Gasteiger charge is 2.20. The Morgan fingerprint density at radius 2 is 1.72 bits per heavy atom. The molecule has 0 aliphatic heterocycles. The van der Waals surface area contributed by atoms with E-state index in [2.05, 4.69) is 4.98 Å². The van der Waals surface area contributed by atoms with Gasteiger partial charge in [-0.15, -0.1) is 0 Å². The fourth-order valence-electron chi connectivity index (χ4n) is 2.76. The third-order valence-corrected chi connectivity index (χ3v) is 3.76. The van der Waals surface area contributed by atoms with Gasteiger partial charge in [0.1, 0.15) is 12.3 Å². The molecule has 5 heteroatoms. The third kappa shape index (κ3) is 3.99. The predicted molar refractivity (Wildman–Crippen MR) is 96.4 cm³/mol. The number of rotatable bonds is 6. The summed E-state index contributed by atoms with van der Waals surface area (Å²) in [5.74, 6) is 1.18. The molecule has 2 aromatic carbocycles. The molecule has 3 rings (SSSR count). The first kappa shape index (κ1) is 17.0. The van der Waals surface area contributed by atoms with Gasteiger partial charge >= 0.3 is 5.97 Å². The number of para-hydroxylation sites is 3. The first-order valence-corrected chi connectivity index (χ1v) is 8.41. The van der Waals surface area contributed by atoms with E-state index in [0.717, 1.165) is 16.8 Å². The topological polar surface area (TPSA) is 53.4 Å². The zero-order valence-electron chi connectivity index (χ0n) is 14.7. The molecule has 1 unspecified atom stereocenters. The zero-order valence-corrected chi connectivity index (χ0v) is 14.7. The molecule has 1 aromatic heterocycles. The molecular weight excluding hydrogens is 316 g/mol. The summed E-state index contributed by atoms with van der Waals surface area (Å²) in [6.45, 7) is 5.72. The second kappa shape index (κ2) is 7.38. The Morgan fingerprint density at radius 3 is 2.44 bits per heavy atom. The highest BCUT2D eigenvalue weighted by atomic mass is 16.5. The summed E-state index contributed by atoms with van der Waals surface area (Å²) >= 11 is 0. The summed E-state index contributed by atoms with van der Waals surface area (Å²) in [6, 6.07) is 17.3. The number of aromatic nitrogens is 2. The average Bonchev–Trinajstić information content (AvgIpc) is 2.94. The summed E-state index contributed by atoms with van der Waals surface area (Å²) in [7, 11) is 0. The van der Waals surface area contributed by atoms with E-state index in [4.69, 9.17) is 9.47 Å². The molecule has 5 nitrogen and oxygen atoms in total. The van der Waals surface area contributed by atoms with Crippen LogP contribution in [0.1, 0.15) is 32.7 Å². The normalized spacial score (nSPS) is 12.3. The molecule has 0 amide bonds. The van der Waals surface area contributed by atoms with Crippen molar-refractivity contribution in [3.63, 3.8) is 0 Å². The van der Waals surface area contributed by atoms with Gasteiger partial charge in [-0.3, -0.25) is 4.79 Å². The SMILES string of the molecule is CC(C)OC(=O)Cn1c(C(C)Oc2ccccc2)nc2ccccc21. The van der Waals surface area contributed by atoms with E-state index >= 15 is 0 Å². The molecular formula is C20H22N2O3. The Balaban J connectivity index is 1.93. The number of benzene rings is 2. The zero-order chi connectivity index (χ0) is 17.8. The second-order valence-corrected chi connectivity index (χ2v) is 6.16. The Bertz CT molecular complexity index is 856. The van der Waals surface area contributed by atoms with E-state index in [9.17, 15) is 4.79 Å². The Hall–Kier alpha value is -2.82. The van der Waals surface area contributed by atoms with Crippen molar-refractivity contribution in [3.05, 3.63) is 60.4 Å². The van der Waals surface area contributed by atoms with Crippen LogP contribution in [-0.4, -0.2) is 21.6 Å². The van der Waals surface area contributed by atoms with Gasteiger partial charge in [0.05, 0.1) is 17.1 Å². The number of ether oxygens (including phenoxy) is 2. The lowest BCUT2D eigenvalue weighted by atomic mass is 10.3. The summed E-state index contributed by atoms with van der Waals surface area (Å²) in [6.07, 6.45) is -0.453. The van der Waals surface area contributed by atoms with E-state index in [-0.39, 0.29) is 24.7 Å². The van der Waals surface area contributed by atoms with Crippen molar-refractivity contribution in [2.45, 2.75) is 39.5 Å². The van der Waals surface area contributed by atoms with Gasteiger partial charge in [0.25, 0.3) is 0 Å². The quantitative estimate of drug-likeness (QED) is 0.634. The van der Waals surface area contributed by atoms with Crippen molar-refractivity contribution in [1.29, 1.82) is 0 Å². The molecule has 0 radical (unpaired) electrons. The van der Waals surface area contributed by atoms with Crippen molar-refractivity contribution in [3.8, 4) is 5.75 Å². The maximum Gasteiger partial charge on any atom is 0.326 e. The van der Waals surface area contributed by atoms with Gasteiger partial charge in [-0.25, -0.2) is 4.98 Å². The number of carbonyl (C=O) groups is 1. The van der Waals surface area contributed by atoms with Crippen LogP contribution in [0.3, 0.4) is 0 Å². The number of nitrogens with zero attached hydrogens (tertiary/aromatic N) is 2. The van der Waals surface area contributed by atoms with Gasteiger partial charge in [-0.2, -0.15) is 0 Å². The number of fused-ring (bicyclic) bond motifs is 1. The molecule has 0 aliphatic carbocycles. The number of hydrogen-bond acceptors (Lipinski definition) is 4. The number of esters is 1. The van der Waals surface area contributed by atoms with Crippen molar-refractivity contribution in [2.75, 3.05) is 0 Å². The summed E-state index contributed by atoms with van der Waals surface area (Å²) < 4.78 is 13.2. The lowest BCUT2D eigenvalue weighted by molar-refractivity contribution is -0.148. The average molecular weight is 338 g/mol. The van der Waals surface area contributed by atoms with Gasteiger partial charge in [0, 0.05) is 0 Å². The Labute approximate surface area is 147 Å². The van der Waals surface area contributed by atoms with E-state index in [0.29, 0.717) is 5.82 Å². The van der Waals surface area contributed by atoms with Gasteiger partial charge in [-0.05, 0) is 45.0 Å². The monoisotopic (exact) mass is 338 g/mol. The molecule has 130 valence electrons. The molecule has 0 aliphatic rings. The van der Waals surface area contributed by atoms with E-state index in [1.54, 1.807) is 0 Å². The van der Waals surface area contributed by atoms with Crippen LogP contribution >= 0.6 is 0 Å². The van der Waals surface area contributed by atoms with Crippen molar-refractivity contribution >= 4 is 17.0 Å². The molecule has 1 atom stereocenters. The van der Waals surface area contributed by atoms with Gasteiger partial charge in [-0.1, -0.05) is 30.3 Å². The van der Waals surface area contributed by atoms with Crippen LogP contribution in [0.25, 0.3) is 11.0 Å². The number of hydrogen-bond donors (Lipinski definition) is 0. The summed E-state index contributed by atoms with van der Waals surface area (Å²) in [4.78, 5) is 16.9. The minimum Gasteiger partial charge on any atom is -0.483 e. The predicted octanol–water partition coefficient (Wildman–Crippen LogP) is 4.13. The lowest BCUT2D eigenvalue weighted by Crippen LogP contribution is -2.20. The van der Waals surface area contributed by atoms with Gasteiger partial charge in [0.2, 0.25) is 0 Å². The van der Waals surface area contributed by atoms with E-state index in [1.165, 1.54) is 0 Å². The van der Waals surface area contributed by atoms with Crippen LogP contribution < -0.4 is 4.74 Å². The minimum absolute atomic E-state index is 0.108. The van der Waals surface area contributed by atoms with Crippen molar-refractivity contribution < 1.29 is 14.3 Å². The maximum absolute atomic E-state index is 12.2. The largest absolute Gasteiger partial charge is 0.483 e. The Kier molecular flexibility index (Phi) is 5.03. The first-order chi connectivity index (χ1) is 12.0. The smallest absolute Gasteiger partial charge is 0.326 e. The fourth-order valence-corrected chi connectivity index (χ4v) is 2.76. The second-order valence-electron chi connectivity index (χ2n) is 6.16. The molecule has 0 spiro atoms. The lowest BCUT2D eigenvalue weighted by Gasteiger charge is -2.17. The van der Waals surface area contributed by atoms with Crippen LogP contribution in [0.5, 0.6) is 5.75 Å². The maximum atomic E-state index is 12.2. The summed E-state index contributed by atoms with van der Waals surface area (Å²) in [5, 5.41) is 0. The number of carbonyl (C=O) groups excluding carboxylic acids is 1. The van der Waals surface area contributed by atoms with Gasteiger partial charge < -0.3 is 14.0 Å². The van der Waals surface area contributed by atoms with Crippen LogP contribution in [0.2, 0.25) is 0 Å². The molecule has 0 saturated carbocycles. The number of imidazole rings is 1. The molecule has 0 saturated heterocycles. The molecule has 1 heterocycles. The van der Waals surface area contributed by atoms with E-state index in [1.807, 2.05) is 79.9 Å². The van der Waals surface area contributed by atoms with E-state index < -0.39 is 0 Å². The van der Waals surface area contributed by atoms with Crippen molar-refractivity contribution in [1.82, 2.24) is 9.55 Å². The molecule has 25 heavy (non-hydrogen) atoms. The minimum atomic E-state index is -0.304. The molecule has 0 bridgehead atoms. The van der Waals surface area contributed by atoms with Crippen LogP contribution in [-0.2, 0) is 16.1 Å². The first-order valence-electron chi connectivity index (χ1n) is 8.41. The van der Waals surface area contributed by atoms with Gasteiger partial charge in [0.15, 0.2) is 11.9 Å². The standard InChI is InChI=1S/C20H22N2O3/c1-14(2)24-19(23)13-22-18-12-8-7-11-17(18)21-20(22)15(3)25-16-9-5-4-6-10-16/h4-12,14-15H,13H2,1-3H3.